The Balaban J connectivity index is 2.15. The summed E-state index contributed by atoms with van der Waals surface area (Å²) >= 11 is 0. The standard InChI is InChI=1S/C19H24N4O4/c1-6-7-9-19(21-22-19)10-8-17(24)20-14-12-16(27-5)15(26-4)11-13(14)18(25)23(2)3/h1,11-12H,7-10H2,2-5H3,(H,20,24). The van der Waals surface area contributed by atoms with E-state index in [1.165, 1.54) is 19.1 Å². The predicted molar refractivity (Wildman–Crippen MR) is 101 cm³/mol. The number of terminal acetylenes is 1. The van der Waals surface area contributed by atoms with Crippen molar-refractivity contribution in [1.82, 2.24) is 4.90 Å². The van der Waals surface area contributed by atoms with Crippen LogP contribution in [-0.2, 0) is 4.79 Å². The molecule has 1 aromatic rings. The van der Waals surface area contributed by atoms with Crippen molar-refractivity contribution in [2.24, 2.45) is 10.2 Å². The first-order chi connectivity index (χ1) is 12.9. The summed E-state index contributed by atoms with van der Waals surface area (Å²) in [4.78, 5) is 26.3. The van der Waals surface area contributed by atoms with Crippen molar-refractivity contribution in [1.29, 1.82) is 0 Å². The number of hydrogen-bond donors (Lipinski definition) is 1. The number of ether oxygens (including phenoxy) is 2. The largest absolute Gasteiger partial charge is 0.493 e. The van der Waals surface area contributed by atoms with Gasteiger partial charge in [0.1, 0.15) is 0 Å². The second kappa shape index (κ2) is 8.54. The minimum atomic E-state index is -0.524. The number of hydrogen-bond acceptors (Lipinski definition) is 6. The predicted octanol–water partition coefficient (Wildman–Crippen LogP) is 2.70. The van der Waals surface area contributed by atoms with Gasteiger partial charge in [0.2, 0.25) is 5.91 Å². The van der Waals surface area contributed by atoms with E-state index in [9.17, 15) is 9.59 Å². The number of nitrogens with one attached hydrogen (secondary N) is 1. The average molecular weight is 372 g/mol. The van der Waals surface area contributed by atoms with Crippen LogP contribution in [0.5, 0.6) is 11.5 Å². The topological polar surface area (TPSA) is 92.6 Å². The van der Waals surface area contributed by atoms with Crippen LogP contribution in [-0.4, -0.2) is 50.7 Å². The van der Waals surface area contributed by atoms with Crippen LogP contribution in [0.15, 0.2) is 22.4 Å². The van der Waals surface area contributed by atoms with E-state index in [1.807, 2.05) is 0 Å². The van der Waals surface area contributed by atoms with Crippen LogP contribution in [0.1, 0.15) is 36.0 Å². The average Bonchev–Trinajstić information content (AvgIpc) is 3.44. The van der Waals surface area contributed by atoms with Crippen molar-refractivity contribution in [2.75, 3.05) is 33.6 Å². The van der Waals surface area contributed by atoms with E-state index in [0.717, 1.165) is 0 Å². The van der Waals surface area contributed by atoms with Gasteiger partial charge in [0.25, 0.3) is 5.91 Å². The molecule has 0 atom stereocenters. The fourth-order valence-electron chi connectivity index (χ4n) is 2.59. The van der Waals surface area contributed by atoms with Gasteiger partial charge in [-0.2, -0.15) is 10.2 Å². The molecule has 1 aliphatic heterocycles. The summed E-state index contributed by atoms with van der Waals surface area (Å²) in [5.74, 6) is 2.88. The monoisotopic (exact) mass is 372 g/mol. The number of anilines is 1. The molecule has 8 heteroatoms. The van der Waals surface area contributed by atoms with Gasteiger partial charge in [-0.1, -0.05) is 0 Å². The molecule has 0 saturated heterocycles. The third-order valence-electron chi connectivity index (χ3n) is 4.24. The lowest BCUT2D eigenvalue weighted by Gasteiger charge is -2.18. The fraction of sp³-hybridized carbons (Fsp3) is 0.474. The van der Waals surface area contributed by atoms with Gasteiger partial charge in [-0.15, -0.1) is 12.3 Å². The molecule has 0 aliphatic carbocycles. The molecule has 0 aromatic heterocycles. The number of methoxy groups -OCH3 is 2. The number of carbonyl (C=O) groups is 2. The summed E-state index contributed by atoms with van der Waals surface area (Å²) in [5, 5.41) is 10.8. The van der Waals surface area contributed by atoms with Gasteiger partial charge in [-0.25, -0.2) is 0 Å². The first kappa shape index (κ1) is 20.2. The maximum absolute atomic E-state index is 12.5. The van der Waals surface area contributed by atoms with E-state index in [4.69, 9.17) is 15.9 Å². The Bertz CT molecular complexity index is 790. The lowest BCUT2D eigenvalue weighted by Crippen LogP contribution is -2.24. The van der Waals surface area contributed by atoms with Crippen LogP contribution in [0.3, 0.4) is 0 Å². The van der Waals surface area contributed by atoms with Crippen LogP contribution in [0.2, 0.25) is 0 Å². The number of amides is 2. The van der Waals surface area contributed by atoms with Crippen LogP contribution < -0.4 is 14.8 Å². The Kier molecular flexibility index (Phi) is 6.40. The van der Waals surface area contributed by atoms with Crippen molar-refractivity contribution < 1.29 is 19.1 Å². The third kappa shape index (κ3) is 4.97. The Labute approximate surface area is 158 Å². The third-order valence-corrected chi connectivity index (χ3v) is 4.24. The minimum absolute atomic E-state index is 0.210. The van der Waals surface area contributed by atoms with Crippen molar-refractivity contribution in [3.8, 4) is 23.8 Å². The number of carbonyl (C=O) groups excluding carboxylic acids is 2. The molecule has 0 bridgehead atoms. The highest BCUT2D eigenvalue weighted by Gasteiger charge is 2.39. The molecule has 1 N–H and O–H groups in total. The Morgan fingerprint density at radius 1 is 1.19 bits per heavy atom. The molecule has 2 rings (SSSR count). The number of nitrogens with zero attached hydrogens (tertiary/aromatic N) is 3. The van der Waals surface area contributed by atoms with E-state index >= 15 is 0 Å². The van der Waals surface area contributed by atoms with E-state index in [-0.39, 0.29) is 18.2 Å². The second-order valence-corrected chi connectivity index (χ2v) is 6.39. The Hall–Kier alpha value is -3.08. The molecule has 1 aliphatic rings. The van der Waals surface area contributed by atoms with Gasteiger partial charge >= 0.3 is 0 Å². The van der Waals surface area contributed by atoms with Crippen LogP contribution >= 0.6 is 0 Å². The molecule has 0 unspecified atom stereocenters. The second-order valence-electron chi connectivity index (χ2n) is 6.39. The zero-order chi connectivity index (χ0) is 20.0. The summed E-state index contributed by atoms with van der Waals surface area (Å²) in [5.41, 5.74) is 0.149. The SMILES string of the molecule is C#CCCC1(CCC(=O)Nc2cc(OC)c(OC)cc2C(=O)N(C)C)N=N1. The molecule has 8 nitrogen and oxygen atoms in total. The lowest BCUT2D eigenvalue weighted by molar-refractivity contribution is -0.116. The smallest absolute Gasteiger partial charge is 0.255 e. The van der Waals surface area contributed by atoms with Crippen LogP contribution in [0.25, 0.3) is 0 Å². The van der Waals surface area contributed by atoms with E-state index in [2.05, 4.69) is 21.5 Å². The molecular weight excluding hydrogens is 348 g/mol. The van der Waals surface area contributed by atoms with Gasteiger partial charge in [0, 0.05) is 45.8 Å². The molecule has 144 valence electrons. The zero-order valence-corrected chi connectivity index (χ0v) is 16.0. The molecule has 27 heavy (non-hydrogen) atoms. The summed E-state index contributed by atoms with van der Waals surface area (Å²) in [6, 6.07) is 3.13. The van der Waals surface area contributed by atoms with E-state index < -0.39 is 5.66 Å². The summed E-state index contributed by atoms with van der Waals surface area (Å²) in [6.07, 6.45) is 7.16. The molecule has 0 radical (unpaired) electrons. The Morgan fingerprint density at radius 3 is 2.33 bits per heavy atom. The van der Waals surface area contributed by atoms with Gasteiger partial charge in [-0.3, -0.25) is 9.59 Å². The van der Waals surface area contributed by atoms with Crippen LogP contribution in [0, 0.1) is 12.3 Å². The summed E-state index contributed by atoms with van der Waals surface area (Å²) in [7, 11) is 6.24. The van der Waals surface area contributed by atoms with Gasteiger partial charge < -0.3 is 19.7 Å². The molecule has 0 spiro atoms. The highest BCUT2D eigenvalue weighted by atomic mass is 16.5. The summed E-state index contributed by atoms with van der Waals surface area (Å²) in [6.45, 7) is 0. The van der Waals surface area contributed by atoms with Gasteiger partial charge in [0.15, 0.2) is 17.2 Å². The zero-order valence-electron chi connectivity index (χ0n) is 16.0. The molecular formula is C19H24N4O4. The highest BCUT2D eigenvalue weighted by molar-refractivity contribution is 6.04. The quantitative estimate of drug-likeness (QED) is 0.675. The van der Waals surface area contributed by atoms with Crippen molar-refractivity contribution >= 4 is 17.5 Å². The number of rotatable bonds is 9. The van der Waals surface area contributed by atoms with Gasteiger partial charge in [0.05, 0.1) is 25.5 Å². The Morgan fingerprint density at radius 2 is 1.81 bits per heavy atom. The van der Waals surface area contributed by atoms with Crippen molar-refractivity contribution in [3.63, 3.8) is 0 Å². The molecule has 2 amide bonds. The maximum atomic E-state index is 12.5. The van der Waals surface area contributed by atoms with Gasteiger partial charge in [-0.05, 0) is 6.07 Å². The lowest BCUT2D eigenvalue weighted by atomic mass is 10.0. The fourth-order valence-corrected chi connectivity index (χ4v) is 2.59. The van der Waals surface area contributed by atoms with E-state index in [1.54, 1.807) is 26.2 Å². The van der Waals surface area contributed by atoms with Crippen molar-refractivity contribution in [3.05, 3.63) is 17.7 Å². The summed E-state index contributed by atoms with van der Waals surface area (Å²) < 4.78 is 10.5. The first-order valence-electron chi connectivity index (χ1n) is 8.51. The molecule has 0 saturated carbocycles. The molecule has 1 heterocycles. The minimum Gasteiger partial charge on any atom is -0.493 e. The highest BCUT2D eigenvalue weighted by Crippen LogP contribution is 2.38. The molecule has 0 fully saturated rings. The molecule has 1 aromatic carbocycles. The van der Waals surface area contributed by atoms with Crippen LogP contribution in [0.4, 0.5) is 5.69 Å². The van der Waals surface area contributed by atoms with E-state index in [0.29, 0.717) is 42.0 Å². The normalized spacial score (nSPS) is 13.4. The van der Waals surface area contributed by atoms with Crippen molar-refractivity contribution in [2.45, 2.75) is 31.3 Å². The maximum Gasteiger partial charge on any atom is 0.255 e. The first-order valence-corrected chi connectivity index (χ1v) is 8.51. The number of benzene rings is 1.